The summed E-state index contributed by atoms with van der Waals surface area (Å²) in [5.41, 5.74) is 0. The SMILES string of the molecule is CCNC(C)C(C)Sc1ccccc1Br. The highest BCUT2D eigenvalue weighted by Crippen LogP contribution is 2.31. The maximum atomic E-state index is 3.57. The number of nitrogens with one attached hydrogen (secondary N) is 1. The Morgan fingerprint density at radius 1 is 1.33 bits per heavy atom. The van der Waals surface area contributed by atoms with Gasteiger partial charge in [0.15, 0.2) is 0 Å². The van der Waals surface area contributed by atoms with Gasteiger partial charge in [0.1, 0.15) is 0 Å². The molecule has 1 N–H and O–H groups in total. The van der Waals surface area contributed by atoms with Crippen LogP contribution >= 0.6 is 27.7 Å². The van der Waals surface area contributed by atoms with Gasteiger partial charge < -0.3 is 5.32 Å². The summed E-state index contributed by atoms with van der Waals surface area (Å²) in [6.07, 6.45) is 0. The highest BCUT2D eigenvalue weighted by Gasteiger charge is 2.13. The molecule has 1 aromatic carbocycles. The second kappa shape index (κ2) is 6.56. The Labute approximate surface area is 105 Å². The maximum absolute atomic E-state index is 3.57. The van der Waals surface area contributed by atoms with Crippen molar-refractivity contribution in [3.63, 3.8) is 0 Å². The number of hydrogen-bond donors (Lipinski definition) is 1. The van der Waals surface area contributed by atoms with Crippen LogP contribution in [0.4, 0.5) is 0 Å². The second-order valence-electron chi connectivity index (χ2n) is 3.60. The molecule has 0 bridgehead atoms. The van der Waals surface area contributed by atoms with Crippen LogP contribution < -0.4 is 5.32 Å². The minimum atomic E-state index is 0.534. The van der Waals surface area contributed by atoms with Crippen molar-refractivity contribution in [1.82, 2.24) is 5.32 Å². The molecule has 0 saturated carbocycles. The Hall–Kier alpha value is 0.01000. The normalized spacial score (nSPS) is 14.9. The van der Waals surface area contributed by atoms with E-state index in [1.807, 2.05) is 17.8 Å². The Morgan fingerprint density at radius 3 is 2.60 bits per heavy atom. The maximum Gasteiger partial charge on any atom is 0.0311 e. The van der Waals surface area contributed by atoms with E-state index in [1.165, 1.54) is 9.37 Å². The molecule has 0 fully saturated rings. The smallest absolute Gasteiger partial charge is 0.0311 e. The lowest BCUT2D eigenvalue weighted by Gasteiger charge is -2.20. The lowest BCUT2D eigenvalue weighted by molar-refractivity contribution is 0.563. The van der Waals surface area contributed by atoms with E-state index < -0.39 is 0 Å². The summed E-state index contributed by atoms with van der Waals surface area (Å²) in [6, 6.07) is 8.91. The first kappa shape index (κ1) is 13.1. The fourth-order valence-electron chi connectivity index (χ4n) is 1.33. The van der Waals surface area contributed by atoms with Crippen molar-refractivity contribution in [3.8, 4) is 0 Å². The molecule has 1 rings (SSSR count). The van der Waals surface area contributed by atoms with E-state index in [4.69, 9.17) is 0 Å². The summed E-state index contributed by atoms with van der Waals surface area (Å²) in [6.45, 7) is 7.67. The first-order valence-corrected chi connectivity index (χ1v) is 6.97. The zero-order chi connectivity index (χ0) is 11.3. The van der Waals surface area contributed by atoms with Crippen molar-refractivity contribution in [1.29, 1.82) is 0 Å². The molecule has 0 aliphatic rings. The van der Waals surface area contributed by atoms with Crippen molar-refractivity contribution in [2.24, 2.45) is 0 Å². The first-order chi connectivity index (χ1) is 7.15. The molecule has 1 nitrogen and oxygen atoms in total. The third kappa shape index (κ3) is 4.17. The molecular formula is C12H18BrNS. The molecule has 2 atom stereocenters. The number of hydrogen-bond acceptors (Lipinski definition) is 2. The highest BCUT2D eigenvalue weighted by atomic mass is 79.9. The summed E-state index contributed by atoms with van der Waals surface area (Å²) in [5.74, 6) is 0. The average molecular weight is 288 g/mol. The Bertz CT molecular complexity index is 303. The third-order valence-electron chi connectivity index (χ3n) is 2.38. The van der Waals surface area contributed by atoms with Crippen LogP contribution in [-0.4, -0.2) is 17.8 Å². The molecule has 0 aliphatic heterocycles. The summed E-state index contributed by atoms with van der Waals surface area (Å²) >= 11 is 5.48. The van der Waals surface area contributed by atoms with Crippen LogP contribution in [0.2, 0.25) is 0 Å². The van der Waals surface area contributed by atoms with Crippen LogP contribution in [0.5, 0.6) is 0 Å². The minimum absolute atomic E-state index is 0.534. The van der Waals surface area contributed by atoms with E-state index in [0.717, 1.165) is 6.54 Å². The quantitative estimate of drug-likeness (QED) is 0.824. The standard InChI is InChI=1S/C12H18BrNS/c1-4-14-9(2)10(3)15-12-8-6-5-7-11(12)13/h5-10,14H,4H2,1-3H3. The molecule has 0 heterocycles. The average Bonchev–Trinajstić information content (AvgIpc) is 2.21. The fourth-order valence-corrected chi connectivity index (χ4v) is 2.93. The molecule has 84 valence electrons. The van der Waals surface area contributed by atoms with Gasteiger partial charge >= 0.3 is 0 Å². The van der Waals surface area contributed by atoms with Gasteiger partial charge in [0.05, 0.1) is 0 Å². The molecule has 15 heavy (non-hydrogen) atoms. The van der Waals surface area contributed by atoms with Gasteiger partial charge in [0.2, 0.25) is 0 Å². The van der Waals surface area contributed by atoms with Crippen LogP contribution in [0.25, 0.3) is 0 Å². The van der Waals surface area contributed by atoms with Gasteiger partial charge in [0, 0.05) is 20.7 Å². The Balaban J connectivity index is 2.58. The number of halogens is 1. The predicted molar refractivity (Wildman–Crippen MR) is 72.6 cm³/mol. The molecule has 0 aromatic heterocycles. The van der Waals surface area contributed by atoms with Gasteiger partial charge in [-0.25, -0.2) is 0 Å². The molecular weight excluding hydrogens is 270 g/mol. The molecule has 2 unspecified atom stereocenters. The van der Waals surface area contributed by atoms with Crippen LogP contribution in [0.3, 0.4) is 0 Å². The summed E-state index contributed by atoms with van der Waals surface area (Å²) in [4.78, 5) is 1.31. The van der Waals surface area contributed by atoms with E-state index in [-0.39, 0.29) is 0 Å². The third-order valence-corrected chi connectivity index (χ3v) is 4.72. The van der Waals surface area contributed by atoms with Crippen LogP contribution in [-0.2, 0) is 0 Å². The Kier molecular flexibility index (Phi) is 5.72. The van der Waals surface area contributed by atoms with E-state index in [2.05, 4.69) is 60.2 Å². The van der Waals surface area contributed by atoms with Crippen LogP contribution in [0.15, 0.2) is 33.6 Å². The van der Waals surface area contributed by atoms with Gasteiger partial charge in [-0.05, 0) is 41.5 Å². The van der Waals surface area contributed by atoms with Crippen molar-refractivity contribution in [2.45, 2.75) is 37.0 Å². The fraction of sp³-hybridized carbons (Fsp3) is 0.500. The van der Waals surface area contributed by atoms with Crippen molar-refractivity contribution < 1.29 is 0 Å². The molecule has 0 saturated heterocycles. The molecule has 0 aliphatic carbocycles. The second-order valence-corrected chi connectivity index (χ2v) is 5.87. The summed E-state index contributed by atoms with van der Waals surface area (Å²) < 4.78 is 1.19. The largest absolute Gasteiger partial charge is 0.313 e. The van der Waals surface area contributed by atoms with Crippen LogP contribution in [0.1, 0.15) is 20.8 Å². The molecule has 0 amide bonds. The number of benzene rings is 1. The monoisotopic (exact) mass is 287 g/mol. The van der Waals surface area contributed by atoms with Gasteiger partial charge in [0.25, 0.3) is 0 Å². The van der Waals surface area contributed by atoms with E-state index >= 15 is 0 Å². The molecule has 0 spiro atoms. The van der Waals surface area contributed by atoms with Crippen molar-refractivity contribution in [2.75, 3.05) is 6.54 Å². The van der Waals surface area contributed by atoms with Gasteiger partial charge in [-0.1, -0.05) is 26.0 Å². The van der Waals surface area contributed by atoms with Gasteiger partial charge in [-0.2, -0.15) is 0 Å². The number of thioether (sulfide) groups is 1. The lowest BCUT2D eigenvalue weighted by Crippen LogP contribution is -2.33. The van der Waals surface area contributed by atoms with E-state index in [1.54, 1.807) is 0 Å². The first-order valence-electron chi connectivity index (χ1n) is 5.29. The Morgan fingerprint density at radius 2 is 2.00 bits per heavy atom. The van der Waals surface area contributed by atoms with Gasteiger partial charge in [-0.3, -0.25) is 0 Å². The topological polar surface area (TPSA) is 12.0 Å². The van der Waals surface area contributed by atoms with E-state index in [0.29, 0.717) is 11.3 Å². The van der Waals surface area contributed by atoms with Crippen molar-refractivity contribution in [3.05, 3.63) is 28.7 Å². The predicted octanol–water partition coefficient (Wildman–Crippen LogP) is 3.93. The highest BCUT2D eigenvalue weighted by molar-refractivity contribution is 9.10. The molecule has 3 heteroatoms. The zero-order valence-electron chi connectivity index (χ0n) is 9.46. The van der Waals surface area contributed by atoms with Crippen molar-refractivity contribution >= 4 is 27.7 Å². The minimum Gasteiger partial charge on any atom is -0.313 e. The van der Waals surface area contributed by atoms with Crippen LogP contribution in [0, 0.1) is 0 Å². The van der Waals surface area contributed by atoms with E-state index in [9.17, 15) is 0 Å². The molecule has 1 aromatic rings. The van der Waals surface area contributed by atoms with Gasteiger partial charge in [-0.15, -0.1) is 11.8 Å². The zero-order valence-corrected chi connectivity index (χ0v) is 11.9. The summed E-state index contributed by atoms with van der Waals surface area (Å²) in [7, 11) is 0. The number of rotatable bonds is 5. The molecule has 0 radical (unpaired) electrons. The lowest BCUT2D eigenvalue weighted by atomic mass is 10.2. The summed E-state index contributed by atoms with van der Waals surface area (Å²) in [5, 5.41) is 4.02.